The van der Waals surface area contributed by atoms with Gasteiger partial charge in [0.05, 0.1) is 7.11 Å². The van der Waals surface area contributed by atoms with E-state index in [2.05, 4.69) is 5.32 Å². The van der Waals surface area contributed by atoms with Gasteiger partial charge in [-0.15, -0.1) is 11.6 Å². The molecule has 1 aromatic rings. The summed E-state index contributed by atoms with van der Waals surface area (Å²) in [6.07, 6.45) is 0. The number of methoxy groups -OCH3 is 1. The monoisotopic (exact) mass is 217 g/mol. The Morgan fingerprint density at radius 3 is 2.93 bits per heavy atom. The molecule has 2 nitrogen and oxygen atoms in total. The van der Waals surface area contributed by atoms with Gasteiger partial charge < -0.3 is 10.1 Å². The van der Waals surface area contributed by atoms with Crippen LogP contribution in [-0.4, -0.2) is 19.5 Å². The highest BCUT2D eigenvalue weighted by molar-refractivity contribution is 6.18. The van der Waals surface area contributed by atoms with Gasteiger partial charge in [0.2, 0.25) is 0 Å². The minimum Gasteiger partial charge on any atom is -0.496 e. The normalized spacial score (nSPS) is 10.2. The van der Waals surface area contributed by atoms with Crippen molar-refractivity contribution in [1.82, 2.24) is 5.32 Å². The maximum atomic E-state index is 12.9. The van der Waals surface area contributed by atoms with Gasteiger partial charge in [-0.05, 0) is 18.2 Å². The van der Waals surface area contributed by atoms with Crippen LogP contribution in [0.15, 0.2) is 18.2 Å². The van der Waals surface area contributed by atoms with E-state index < -0.39 is 0 Å². The van der Waals surface area contributed by atoms with E-state index in [1.807, 2.05) is 0 Å². The average molecular weight is 218 g/mol. The van der Waals surface area contributed by atoms with Crippen LogP contribution in [0.4, 0.5) is 4.39 Å². The average Bonchev–Trinajstić information content (AvgIpc) is 2.19. The van der Waals surface area contributed by atoms with E-state index in [4.69, 9.17) is 16.3 Å². The molecule has 0 aromatic heterocycles. The van der Waals surface area contributed by atoms with Gasteiger partial charge >= 0.3 is 0 Å². The molecule has 1 aromatic carbocycles. The van der Waals surface area contributed by atoms with Crippen molar-refractivity contribution in [3.63, 3.8) is 0 Å². The molecule has 14 heavy (non-hydrogen) atoms. The van der Waals surface area contributed by atoms with E-state index in [0.29, 0.717) is 24.7 Å². The summed E-state index contributed by atoms with van der Waals surface area (Å²) in [7, 11) is 1.57. The molecule has 0 aliphatic rings. The van der Waals surface area contributed by atoms with Crippen molar-refractivity contribution in [3.05, 3.63) is 29.6 Å². The number of hydrogen-bond acceptors (Lipinski definition) is 2. The molecular formula is C10H13ClFNO. The summed E-state index contributed by atoms with van der Waals surface area (Å²) in [5, 5.41) is 3.07. The summed E-state index contributed by atoms with van der Waals surface area (Å²) < 4.78 is 18.0. The highest BCUT2D eigenvalue weighted by Gasteiger charge is 2.03. The van der Waals surface area contributed by atoms with Crippen LogP contribution in [0.3, 0.4) is 0 Å². The third kappa shape index (κ3) is 3.16. The zero-order valence-corrected chi connectivity index (χ0v) is 8.77. The van der Waals surface area contributed by atoms with Crippen LogP contribution in [-0.2, 0) is 6.54 Å². The smallest absolute Gasteiger partial charge is 0.123 e. The number of ether oxygens (including phenoxy) is 1. The van der Waals surface area contributed by atoms with E-state index in [0.717, 1.165) is 5.56 Å². The number of halogens is 2. The maximum absolute atomic E-state index is 12.9. The minimum absolute atomic E-state index is 0.256. The Morgan fingerprint density at radius 1 is 1.50 bits per heavy atom. The van der Waals surface area contributed by atoms with Gasteiger partial charge in [0.25, 0.3) is 0 Å². The third-order valence-electron chi connectivity index (χ3n) is 1.83. The summed E-state index contributed by atoms with van der Waals surface area (Å²) in [5.74, 6) is 0.972. The lowest BCUT2D eigenvalue weighted by molar-refractivity contribution is 0.406. The molecule has 78 valence electrons. The number of benzene rings is 1. The van der Waals surface area contributed by atoms with Crippen molar-refractivity contribution >= 4 is 11.6 Å². The summed E-state index contributed by atoms with van der Waals surface area (Å²) in [5.41, 5.74) is 0.803. The van der Waals surface area contributed by atoms with E-state index in [1.165, 1.54) is 12.1 Å². The fourth-order valence-electron chi connectivity index (χ4n) is 1.18. The second-order valence-electron chi connectivity index (χ2n) is 2.82. The predicted molar refractivity (Wildman–Crippen MR) is 55.4 cm³/mol. The Labute approximate surface area is 88.0 Å². The van der Waals surface area contributed by atoms with Gasteiger partial charge in [0, 0.05) is 24.5 Å². The third-order valence-corrected chi connectivity index (χ3v) is 2.02. The molecule has 0 heterocycles. The van der Waals surface area contributed by atoms with E-state index in [9.17, 15) is 4.39 Å². The van der Waals surface area contributed by atoms with E-state index in [-0.39, 0.29) is 5.82 Å². The Morgan fingerprint density at radius 2 is 2.29 bits per heavy atom. The first-order valence-electron chi connectivity index (χ1n) is 4.37. The lowest BCUT2D eigenvalue weighted by atomic mass is 10.2. The second-order valence-corrected chi connectivity index (χ2v) is 3.20. The molecule has 0 aliphatic carbocycles. The molecule has 0 spiro atoms. The molecule has 0 bridgehead atoms. The van der Waals surface area contributed by atoms with Crippen LogP contribution in [0.2, 0.25) is 0 Å². The molecule has 0 atom stereocenters. The SMILES string of the molecule is COc1ccc(F)cc1CNCCCl. The molecule has 0 radical (unpaired) electrons. The lowest BCUT2D eigenvalue weighted by Crippen LogP contribution is -2.16. The van der Waals surface area contributed by atoms with Crippen LogP contribution in [0.1, 0.15) is 5.56 Å². The van der Waals surface area contributed by atoms with Crippen molar-refractivity contribution in [2.24, 2.45) is 0 Å². The van der Waals surface area contributed by atoms with Gasteiger partial charge in [-0.3, -0.25) is 0 Å². The van der Waals surface area contributed by atoms with Gasteiger partial charge in [-0.1, -0.05) is 0 Å². The number of hydrogen-bond donors (Lipinski definition) is 1. The van der Waals surface area contributed by atoms with Crippen LogP contribution in [0, 0.1) is 5.82 Å². The molecule has 1 rings (SSSR count). The van der Waals surface area contributed by atoms with Crippen LogP contribution in [0.5, 0.6) is 5.75 Å². The first-order chi connectivity index (χ1) is 6.77. The standard InChI is InChI=1S/C10H13ClFNO/c1-14-10-3-2-9(12)6-8(10)7-13-5-4-11/h2-3,6,13H,4-5,7H2,1H3. The van der Waals surface area contributed by atoms with Gasteiger partial charge in [-0.2, -0.15) is 0 Å². The minimum atomic E-state index is -0.256. The van der Waals surface area contributed by atoms with Crippen molar-refractivity contribution in [3.8, 4) is 5.75 Å². The molecule has 0 fully saturated rings. The second kappa shape index (κ2) is 5.83. The fraction of sp³-hybridized carbons (Fsp3) is 0.400. The lowest BCUT2D eigenvalue weighted by Gasteiger charge is -2.08. The Balaban J connectivity index is 2.67. The number of rotatable bonds is 5. The highest BCUT2D eigenvalue weighted by Crippen LogP contribution is 2.18. The van der Waals surface area contributed by atoms with E-state index in [1.54, 1.807) is 13.2 Å². The summed E-state index contributed by atoms with van der Waals surface area (Å²) >= 11 is 5.50. The van der Waals surface area contributed by atoms with Crippen molar-refractivity contribution in [2.75, 3.05) is 19.5 Å². The van der Waals surface area contributed by atoms with Crippen molar-refractivity contribution < 1.29 is 9.13 Å². The van der Waals surface area contributed by atoms with Gasteiger partial charge in [0.15, 0.2) is 0 Å². The van der Waals surface area contributed by atoms with Crippen LogP contribution >= 0.6 is 11.6 Å². The quantitative estimate of drug-likeness (QED) is 0.603. The highest BCUT2D eigenvalue weighted by atomic mass is 35.5. The maximum Gasteiger partial charge on any atom is 0.123 e. The fourth-order valence-corrected chi connectivity index (χ4v) is 1.31. The first kappa shape index (κ1) is 11.3. The topological polar surface area (TPSA) is 21.3 Å². The largest absolute Gasteiger partial charge is 0.496 e. The van der Waals surface area contributed by atoms with Crippen molar-refractivity contribution in [2.45, 2.75) is 6.54 Å². The Kier molecular flexibility index (Phi) is 4.70. The molecule has 0 saturated heterocycles. The zero-order valence-electron chi connectivity index (χ0n) is 8.02. The molecule has 0 aliphatic heterocycles. The van der Waals surface area contributed by atoms with Crippen LogP contribution < -0.4 is 10.1 Å². The molecule has 0 unspecified atom stereocenters. The number of alkyl halides is 1. The molecular weight excluding hydrogens is 205 g/mol. The molecule has 0 amide bonds. The predicted octanol–water partition coefficient (Wildman–Crippen LogP) is 2.16. The summed E-state index contributed by atoms with van der Waals surface area (Å²) in [6.45, 7) is 1.26. The Hall–Kier alpha value is -0.800. The summed E-state index contributed by atoms with van der Waals surface area (Å²) in [6, 6.07) is 4.46. The molecule has 4 heteroatoms. The van der Waals surface area contributed by atoms with Gasteiger partial charge in [-0.25, -0.2) is 4.39 Å². The van der Waals surface area contributed by atoms with E-state index >= 15 is 0 Å². The Bertz CT molecular complexity index is 293. The zero-order chi connectivity index (χ0) is 10.4. The van der Waals surface area contributed by atoms with Crippen molar-refractivity contribution in [1.29, 1.82) is 0 Å². The first-order valence-corrected chi connectivity index (χ1v) is 4.90. The van der Waals surface area contributed by atoms with Crippen LogP contribution in [0.25, 0.3) is 0 Å². The number of nitrogens with one attached hydrogen (secondary N) is 1. The van der Waals surface area contributed by atoms with Gasteiger partial charge in [0.1, 0.15) is 11.6 Å². The molecule has 1 N–H and O–H groups in total. The molecule has 0 saturated carbocycles. The summed E-state index contributed by atoms with van der Waals surface area (Å²) in [4.78, 5) is 0.